The van der Waals surface area contributed by atoms with Gasteiger partial charge in [-0.05, 0) is 91.3 Å². The minimum Gasteiger partial charge on any atom is -0.0596 e. The molecule has 0 radical (unpaired) electrons. The molecule has 2 bridgehead atoms. The number of rotatable bonds is 0. The smallest absolute Gasteiger partial charge is 0.0258 e. The molecular weight excluding hydrogens is 240 g/mol. The SMILES string of the molecule is CC1(C)CCC[C@]2(C)[C@@H]1CC[C@]13CC[C@](C)(CC[C@H]12)C3. The first-order valence-electron chi connectivity index (χ1n) is 9.30. The van der Waals surface area contributed by atoms with Gasteiger partial charge in [-0.3, -0.25) is 0 Å². The lowest BCUT2D eigenvalue weighted by molar-refractivity contribution is -0.149. The molecule has 4 rings (SSSR count). The van der Waals surface area contributed by atoms with Crippen LogP contribution in [0.25, 0.3) is 0 Å². The van der Waals surface area contributed by atoms with Gasteiger partial charge < -0.3 is 0 Å². The van der Waals surface area contributed by atoms with E-state index >= 15 is 0 Å². The Morgan fingerprint density at radius 3 is 2.25 bits per heavy atom. The van der Waals surface area contributed by atoms with Crippen LogP contribution in [-0.2, 0) is 0 Å². The summed E-state index contributed by atoms with van der Waals surface area (Å²) in [4.78, 5) is 0. The first-order valence-corrected chi connectivity index (χ1v) is 9.30. The second kappa shape index (κ2) is 3.85. The zero-order valence-electron chi connectivity index (χ0n) is 14.2. The second-order valence-electron chi connectivity index (χ2n) is 10.4. The molecule has 0 aromatic heterocycles. The molecule has 0 aromatic carbocycles. The first kappa shape index (κ1) is 13.6. The van der Waals surface area contributed by atoms with Crippen molar-refractivity contribution in [2.45, 2.75) is 91.9 Å². The van der Waals surface area contributed by atoms with E-state index in [1.54, 1.807) is 25.7 Å². The zero-order valence-corrected chi connectivity index (χ0v) is 14.2. The highest BCUT2D eigenvalue weighted by Crippen LogP contribution is 2.73. The average Bonchev–Trinajstić information content (AvgIpc) is 2.58. The van der Waals surface area contributed by atoms with Gasteiger partial charge >= 0.3 is 0 Å². The third-order valence-electron chi connectivity index (χ3n) is 8.78. The maximum absolute atomic E-state index is 2.71. The Balaban J connectivity index is 1.73. The van der Waals surface area contributed by atoms with E-state index in [1.807, 2.05) is 0 Å². The highest BCUT2D eigenvalue weighted by molar-refractivity contribution is 5.13. The van der Waals surface area contributed by atoms with Gasteiger partial charge in [-0.1, -0.05) is 34.1 Å². The molecule has 0 nitrogen and oxygen atoms in total. The minimum atomic E-state index is 0.605. The van der Waals surface area contributed by atoms with Crippen LogP contribution < -0.4 is 0 Å². The summed E-state index contributed by atoms with van der Waals surface area (Å²) in [5, 5.41) is 0. The molecule has 20 heavy (non-hydrogen) atoms. The summed E-state index contributed by atoms with van der Waals surface area (Å²) in [6, 6.07) is 0. The van der Waals surface area contributed by atoms with Crippen LogP contribution in [-0.4, -0.2) is 0 Å². The Labute approximate surface area is 126 Å². The molecule has 0 unspecified atom stereocenters. The lowest BCUT2D eigenvalue weighted by Crippen LogP contribution is -2.56. The molecule has 4 aliphatic carbocycles. The fourth-order valence-electron chi connectivity index (χ4n) is 8.04. The molecule has 0 aliphatic heterocycles. The van der Waals surface area contributed by atoms with Gasteiger partial charge in [-0.2, -0.15) is 0 Å². The molecular formula is C20H34. The molecule has 0 saturated heterocycles. The Kier molecular flexibility index (Phi) is 2.63. The van der Waals surface area contributed by atoms with Crippen LogP contribution >= 0.6 is 0 Å². The molecule has 0 heterocycles. The minimum absolute atomic E-state index is 0.605. The second-order valence-corrected chi connectivity index (χ2v) is 10.4. The van der Waals surface area contributed by atoms with E-state index < -0.39 is 0 Å². The van der Waals surface area contributed by atoms with Crippen molar-refractivity contribution in [3.8, 4) is 0 Å². The predicted molar refractivity (Wildman–Crippen MR) is 85.6 cm³/mol. The molecule has 5 atom stereocenters. The van der Waals surface area contributed by atoms with Gasteiger partial charge in [0.05, 0.1) is 0 Å². The Morgan fingerprint density at radius 1 is 0.700 bits per heavy atom. The van der Waals surface area contributed by atoms with Crippen molar-refractivity contribution in [1.29, 1.82) is 0 Å². The van der Waals surface area contributed by atoms with E-state index in [0.717, 1.165) is 22.7 Å². The largest absolute Gasteiger partial charge is 0.0596 e. The summed E-state index contributed by atoms with van der Waals surface area (Å²) in [5.41, 5.74) is 2.77. The molecule has 4 fully saturated rings. The van der Waals surface area contributed by atoms with Crippen LogP contribution in [0.3, 0.4) is 0 Å². The van der Waals surface area contributed by atoms with Gasteiger partial charge in [-0.25, -0.2) is 0 Å². The van der Waals surface area contributed by atoms with Crippen molar-refractivity contribution in [3.63, 3.8) is 0 Å². The lowest BCUT2D eigenvalue weighted by atomic mass is 9.40. The third-order valence-corrected chi connectivity index (χ3v) is 8.78. The Morgan fingerprint density at radius 2 is 1.45 bits per heavy atom. The van der Waals surface area contributed by atoms with Crippen molar-refractivity contribution < 1.29 is 0 Å². The van der Waals surface area contributed by atoms with Crippen molar-refractivity contribution in [2.24, 2.45) is 33.5 Å². The molecule has 0 amide bonds. The van der Waals surface area contributed by atoms with Crippen LogP contribution in [0.1, 0.15) is 91.9 Å². The van der Waals surface area contributed by atoms with Crippen LogP contribution in [0.15, 0.2) is 0 Å². The highest BCUT2D eigenvalue weighted by atomic mass is 14.7. The van der Waals surface area contributed by atoms with Gasteiger partial charge in [0.15, 0.2) is 0 Å². The third kappa shape index (κ3) is 1.60. The summed E-state index contributed by atoms with van der Waals surface area (Å²) in [7, 11) is 0. The normalized spacial score (nSPS) is 57.0. The van der Waals surface area contributed by atoms with Gasteiger partial charge in [0, 0.05) is 0 Å². The van der Waals surface area contributed by atoms with E-state index in [1.165, 1.54) is 38.5 Å². The molecule has 0 N–H and O–H groups in total. The summed E-state index contributed by atoms with van der Waals surface area (Å²) in [6.45, 7) is 10.5. The maximum Gasteiger partial charge on any atom is -0.0258 e. The summed E-state index contributed by atoms with van der Waals surface area (Å²) in [6.07, 6.45) is 15.4. The van der Waals surface area contributed by atoms with Crippen molar-refractivity contribution in [2.75, 3.05) is 0 Å². The quantitative estimate of drug-likeness (QED) is 0.493. The van der Waals surface area contributed by atoms with Gasteiger partial charge in [-0.15, -0.1) is 0 Å². The van der Waals surface area contributed by atoms with E-state index in [4.69, 9.17) is 0 Å². The van der Waals surface area contributed by atoms with Crippen LogP contribution in [0, 0.1) is 33.5 Å². The highest BCUT2D eigenvalue weighted by Gasteiger charge is 2.64. The van der Waals surface area contributed by atoms with Crippen molar-refractivity contribution in [3.05, 3.63) is 0 Å². The Bertz CT molecular complexity index is 422. The molecule has 114 valence electrons. The van der Waals surface area contributed by atoms with Crippen LogP contribution in [0.4, 0.5) is 0 Å². The van der Waals surface area contributed by atoms with Gasteiger partial charge in [0.1, 0.15) is 0 Å². The maximum atomic E-state index is 2.71. The molecule has 1 spiro atoms. The zero-order chi connectivity index (χ0) is 14.2. The van der Waals surface area contributed by atoms with Crippen molar-refractivity contribution in [1.82, 2.24) is 0 Å². The number of fused-ring (bicyclic) bond motifs is 3. The molecule has 4 aliphatic rings. The van der Waals surface area contributed by atoms with Gasteiger partial charge in [0.25, 0.3) is 0 Å². The summed E-state index contributed by atoms with van der Waals surface area (Å²) >= 11 is 0. The molecule has 0 heteroatoms. The lowest BCUT2D eigenvalue weighted by Gasteiger charge is -2.64. The summed E-state index contributed by atoms with van der Waals surface area (Å²) in [5.74, 6) is 2.06. The van der Waals surface area contributed by atoms with E-state index in [-0.39, 0.29) is 0 Å². The topological polar surface area (TPSA) is 0 Å². The Hall–Kier alpha value is 0. The first-order chi connectivity index (χ1) is 9.30. The van der Waals surface area contributed by atoms with E-state index in [0.29, 0.717) is 10.8 Å². The van der Waals surface area contributed by atoms with Crippen LogP contribution in [0.2, 0.25) is 0 Å². The average molecular weight is 274 g/mol. The summed E-state index contributed by atoms with van der Waals surface area (Å²) < 4.78 is 0. The fourth-order valence-corrected chi connectivity index (χ4v) is 8.04. The van der Waals surface area contributed by atoms with E-state index in [2.05, 4.69) is 27.7 Å². The monoisotopic (exact) mass is 274 g/mol. The number of hydrogen-bond donors (Lipinski definition) is 0. The fraction of sp³-hybridized carbons (Fsp3) is 1.00. The number of hydrogen-bond acceptors (Lipinski definition) is 0. The molecule has 4 saturated carbocycles. The standard InChI is InChI=1S/C20H34/c1-17(2)8-5-9-19(4)15(17)7-11-20-13-12-18(3,14-20)10-6-16(19)20/h15-16H,5-14H2,1-4H3/t15-,16+,18+,19-,20-/m1/s1. The van der Waals surface area contributed by atoms with E-state index in [9.17, 15) is 0 Å². The van der Waals surface area contributed by atoms with Gasteiger partial charge in [0.2, 0.25) is 0 Å². The van der Waals surface area contributed by atoms with Crippen molar-refractivity contribution >= 4 is 0 Å². The molecule has 0 aromatic rings. The van der Waals surface area contributed by atoms with Crippen LogP contribution in [0.5, 0.6) is 0 Å². The predicted octanol–water partition coefficient (Wildman–Crippen LogP) is 6.20.